The number of nitrogens with zero attached hydrogens (tertiary/aromatic N) is 3. The van der Waals surface area contributed by atoms with Gasteiger partial charge in [-0.1, -0.05) is 40.7 Å². The molecule has 0 saturated carbocycles. The first-order valence-corrected chi connectivity index (χ1v) is 15.1. The van der Waals surface area contributed by atoms with E-state index in [1.807, 2.05) is 0 Å². The van der Waals surface area contributed by atoms with Gasteiger partial charge in [0.1, 0.15) is 5.75 Å². The lowest BCUT2D eigenvalue weighted by atomic mass is 9.63. The van der Waals surface area contributed by atoms with Gasteiger partial charge in [-0.25, -0.2) is 0 Å². The van der Waals surface area contributed by atoms with Crippen LogP contribution in [0.2, 0.25) is 0 Å². The topological polar surface area (TPSA) is 133 Å². The second kappa shape index (κ2) is 11.0. The fraction of sp³-hybridized carbons (Fsp3) is 0.438. The summed E-state index contributed by atoms with van der Waals surface area (Å²) in [6, 6.07) is 8.41. The van der Waals surface area contributed by atoms with Crippen molar-refractivity contribution in [1.82, 2.24) is 4.90 Å². The fourth-order valence-corrected chi connectivity index (χ4v) is 7.10. The van der Waals surface area contributed by atoms with E-state index in [9.17, 15) is 29.8 Å². The zero-order valence-corrected chi connectivity index (χ0v) is 26.4. The van der Waals surface area contributed by atoms with Gasteiger partial charge in [-0.2, -0.15) is 0 Å². The summed E-state index contributed by atoms with van der Waals surface area (Å²) in [7, 11) is 0. The van der Waals surface area contributed by atoms with Crippen molar-refractivity contribution in [3.8, 4) is 11.5 Å². The van der Waals surface area contributed by atoms with Gasteiger partial charge < -0.3 is 9.64 Å². The number of nitro benzene ring substituents is 2. The second-order valence-corrected chi connectivity index (χ2v) is 14.0. The maximum Gasteiger partial charge on any atom is 0.318 e. The normalized spacial score (nSPS) is 19.7. The molecule has 0 unspecified atom stereocenters. The van der Waals surface area contributed by atoms with Gasteiger partial charge in [0.25, 0.3) is 5.69 Å². The van der Waals surface area contributed by atoms with Gasteiger partial charge in [-0.05, 0) is 69.8 Å². The zero-order valence-electron chi connectivity index (χ0n) is 24.9. The van der Waals surface area contributed by atoms with Crippen molar-refractivity contribution < 1.29 is 24.2 Å². The number of hydrogen-bond donors (Lipinski definition) is 0. The van der Waals surface area contributed by atoms with Crippen LogP contribution in [-0.2, 0) is 9.59 Å². The fourth-order valence-electron chi connectivity index (χ4n) is 6.62. The Balaban J connectivity index is 1.63. The Morgan fingerprint density at radius 2 is 1.42 bits per heavy atom. The smallest absolute Gasteiger partial charge is 0.318 e. The molecule has 0 saturated heterocycles. The quantitative estimate of drug-likeness (QED) is 0.216. The van der Waals surface area contributed by atoms with Gasteiger partial charge in [0.15, 0.2) is 11.6 Å². The highest BCUT2D eigenvalue weighted by Crippen LogP contribution is 2.55. The van der Waals surface area contributed by atoms with Crippen LogP contribution in [0.3, 0.4) is 0 Å². The van der Waals surface area contributed by atoms with Gasteiger partial charge in [-0.15, -0.1) is 0 Å². The van der Waals surface area contributed by atoms with Crippen LogP contribution in [0.5, 0.6) is 11.5 Å². The Hall–Kier alpha value is -3.86. The van der Waals surface area contributed by atoms with Crippen LogP contribution in [0.15, 0.2) is 63.4 Å². The summed E-state index contributed by atoms with van der Waals surface area (Å²) in [5, 5.41) is 22.8. The van der Waals surface area contributed by atoms with Crippen LogP contribution in [0.4, 0.5) is 11.4 Å². The van der Waals surface area contributed by atoms with Crippen LogP contribution in [-0.4, -0.2) is 32.9 Å². The van der Waals surface area contributed by atoms with Crippen LogP contribution in [0.25, 0.3) is 0 Å². The number of rotatable bonds is 7. The first-order valence-electron chi connectivity index (χ1n) is 14.3. The van der Waals surface area contributed by atoms with Crippen molar-refractivity contribution in [1.29, 1.82) is 0 Å². The monoisotopic (exact) mass is 651 g/mol. The minimum Gasteiger partial charge on any atom is -0.449 e. The first kappa shape index (κ1) is 30.6. The van der Waals surface area contributed by atoms with Crippen molar-refractivity contribution in [3.05, 3.63) is 89.2 Å². The Labute approximate surface area is 258 Å². The number of carbonyl (C=O) groups is 2. The van der Waals surface area contributed by atoms with Crippen molar-refractivity contribution >= 4 is 38.9 Å². The molecular formula is C32H34BrN3O7. The largest absolute Gasteiger partial charge is 0.449 e. The molecule has 1 aliphatic heterocycles. The number of benzene rings is 2. The Kier molecular flexibility index (Phi) is 7.83. The third kappa shape index (κ3) is 5.74. The maximum absolute atomic E-state index is 13.9. The van der Waals surface area contributed by atoms with Crippen molar-refractivity contribution in [2.75, 3.05) is 6.54 Å². The first-order chi connectivity index (χ1) is 20.1. The number of nitro groups is 2. The van der Waals surface area contributed by atoms with E-state index in [4.69, 9.17) is 4.74 Å². The summed E-state index contributed by atoms with van der Waals surface area (Å²) in [5.41, 5.74) is 2.70. The predicted molar refractivity (Wildman–Crippen MR) is 164 cm³/mol. The summed E-state index contributed by atoms with van der Waals surface area (Å²) in [5.74, 6) is -0.357. The average molecular weight is 653 g/mol. The number of halogens is 1. The SMILES string of the molecule is CCCN1C2=C(C(=O)CC(C)(C)C2)C(c2ccc(Oc3ccc([N+](=O)[O-])cc3[N+](=O)[O-])c(Br)c2)C2=C1CC(C)(C)CC2=O. The molecule has 3 aliphatic rings. The lowest BCUT2D eigenvalue weighted by Crippen LogP contribution is -2.44. The van der Waals surface area contributed by atoms with Crippen molar-refractivity contribution in [2.45, 2.75) is 72.6 Å². The van der Waals surface area contributed by atoms with E-state index < -0.39 is 27.1 Å². The highest BCUT2D eigenvalue weighted by molar-refractivity contribution is 9.10. The van der Waals surface area contributed by atoms with Crippen molar-refractivity contribution in [2.24, 2.45) is 10.8 Å². The molecule has 43 heavy (non-hydrogen) atoms. The Morgan fingerprint density at radius 3 is 1.91 bits per heavy atom. The van der Waals surface area contributed by atoms with Crippen LogP contribution in [0, 0.1) is 31.1 Å². The number of non-ortho nitro benzene ring substituents is 1. The number of carbonyl (C=O) groups excluding carboxylic acids is 2. The standard InChI is InChI=1S/C32H34BrN3O7/c1-6-11-34-22-14-31(2,3)16-24(37)29(22)28(30-23(34)15-32(4,5)17-25(30)38)18-7-9-26(20(33)12-18)43-27-10-8-19(35(39)40)13-21(27)36(41)42/h7-10,12-13,28H,6,11,14-17H2,1-5H3. The lowest BCUT2D eigenvalue weighted by Gasteiger charge is -2.49. The van der Waals surface area contributed by atoms with Crippen LogP contribution in [0.1, 0.15) is 78.2 Å². The van der Waals surface area contributed by atoms with E-state index in [1.54, 1.807) is 18.2 Å². The molecule has 2 aliphatic carbocycles. The molecule has 0 spiro atoms. The summed E-state index contributed by atoms with van der Waals surface area (Å²) >= 11 is 3.53. The third-order valence-electron chi connectivity index (χ3n) is 8.33. The van der Waals surface area contributed by atoms with Gasteiger partial charge in [-0.3, -0.25) is 29.8 Å². The molecule has 0 amide bonds. The molecule has 0 fully saturated rings. The van der Waals surface area contributed by atoms with Gasteiger partial charge in [0.05, 0.1) is 20.4 Å². The summed E-state index contributed by atoms with van der Waals surface area (Å²) < 4.78 is 6.32. The molecule has 1 heterocycles. The number of allylic oxidation sites excluding steroid dienone is 4. The summed E-state index contributed by atoms with van der Waals surface area (Å²) in [4.78, 5) is 51.4. The molecule has 226 valence electrons. The number of hydrogen-bond acceptors (Lipinski definition) is 8. The molecule has 5 rings (SSSR count). The molecule has 0 atom stereocenters. The van der Waals surface area contributed by atoms with E-state index in [-0.39, 0.29) is 33.9 Å². The molecule has 2 aromatic rings. The highest BCUT2D eigenvalue weighted by atomic mass is 79.9. The van der Waals surface area contributed by atoms with Crippen LogP contribution < -0.4 is 4.74 Å². The van der Waals surface area contributed by atoms with Gasteiger partial charge in [0, 0.05) is 53.9 Å². The molecule has 2 aromatic carbocycles. The minimum atomic E-state index is -0.733. The molecule has 0 radical (unpaired) electrons. The van der Waals surface area contributed by atoms with E-state index >= 15 is 0 Å². The minimum absolute atomic E-state index is 0.0412. The van der Waals surface area contributed by atoms with E-state index in [0.717, 1.165) is 54.9 Å². The molecule has 0 aromatic heterocycles. The van der Waals surface area contributed by atoms with Crippen molar-refractivity contribution in [3.63, 3.8) is 0 Å². The molecule has 11 heteroatoms. The van der Waals surface area contributed by atoms with E-state index in [2.05, 4.69) is 55.4 Å². The number of ether oxygens (including phenoxy) is 1. The number of Topliss-reactive ketones (excluding diaryl/α,β-unsaturated/α-hetero) is 2. The summed E-state index contributed by atoms with van der Waals surface area (Å²) in [6.45, 7) is 11.2. The predicted octanol–water partition coefficient (Wildman–Crippen LogP) is 8.15. The number of ketones is 2. The highest BCUT2D eigenvalue weighted by Gasteiger charge is 2.48. The van der Waals surface area contributed by atoms with E-state index in [1.165, 1.54) is 6.07 Å². The Morgan fingerprint density at radius 1 is 0.860 bits per heavy atom. The maximum atomic E-state index is 13.9. The lowest BCUT2D eigenvalue weighted by molar-refractivity contribution is -0.394. The molecular weight excluding hydrogens is 618 g/mol. The van der Waals surface area contributed by atoms with Crippen LogP contribution >= 0.6 is 15.9 Å². The molecule has 0 bridgehead atoms. The summed E-state index contributed by atoms with van der Waals surface area (Å²) in [6.07, 6.45) is 3.09. The average Bonchev–Trinajstić information content (AvgIpc) is 2.89. The van der Waals surface area contributed by atoms with Gasteiger partial charge in [0.2, 0.25) is 5.75 Å². The van der Waals surface area contributed by atoms with E-state index in [0.29, 0.717) is 28.5 Å². The third-order valence-corrected chi connectivity index (χ3v) is 8.95. The Bertz CT molecular complexity index is 1590. The zero-order chi connectivity index (χ0) is 31.4. The van der Waals surface area contributed by atoms with Gasteiger partial charge >= 0.3 is 5.69 Å². The molecule has 0 N–H and O–H groups in total. The molecule has 10 nitrogen and oxygen atoms in total. The second-order valence-electron chi connectivity index (χ2n) is 13.1.